The molecule has 3 rings (SSSR count). The summed E-state index contributed by atoms with van der Waals surface area (Å²) < 4.78 is 33.1. The molecule has 28 heavy (non-hydrogen) atoms. The van der Waals surface area contributed by atoms with Crippen LogP contribution in [0.3, 0.4) is 0 Å². The van der Waals surface area contributed by atoms with Crippen LogP contribution in [0.25, 0.3) is 11.0 Å². The highest BCUT2D eigenvalue weighted by molar-refractivity contribution is 8.00. The second-order valence-corrected chi connectivity index (χ2v) is 10.3. The van der Waals surface area contributed by atoms with E-state index in [1.165, 1.54) is 22.8 Å². The van der Waals surface area contributed by atoms with Gasteiger partial charge in [-0.3, -0.25) is 4.18 Å². The van der Waals surface area contributed by atoms with Crippen molar-refractivity contribution in [1.82, 2.24) is 19.7 Å². The molecule has 12 nitrogen and oxygen atoms in total. The van der Waals surface area contributed by atoms with Gasteiger partial charge < -0.3 is 20.7 Å². The fraction of sp³-hybridized carbons (Fsp3) is 0.643. The minimum atomic E-state index is -4.23. The van der Waals surface area contributed by atoms with E-state index in [9.17, 15) is 18.6 Å². The van der Waals surface area contributed by atoms with Gasteiger partial charge in [-0.05, 0) is 0 Å². The molecule has 1 aliphatic heterocycles. The van der Waals surface area contributed by atoms with Gasteiger partial charge in [0.2, 0.25) is 0 Å². The third-order valence-corrected chi connectivity index (χ3v) is 5.42. The van der Waals surface area contributed by atoms with Gasteiger partial charge in [0, 0.05) is 4.75 Å². The van der Waals surface area contributed by atoms with Gasteiger partial charge in [-0.2, -0.15) is 13.5 Å². The highest BCUT2D eigenvalue weighted by Crippen LogP contribution is 2.39. The highest BCUT2D eigenvalue weighted by atomic mass is 32.2. The van der Waals surface area contributed by atoms with Crippen molar-refractivity contribution in [2.24, 2.45) is 5.14 Å². The highest BCUT2D eigenvalue weighted by Gasteiger charge is 2.45. The second kappa shape index (κ2) is 7.37. The van der Waals surface area contributed by atoms with E-state index in [1.54, 1.807) is 0 Å². The van der Waals surface area contributed by atoms with E-state index in [-0.39, 0.29) is 10.6 Å². The van der Waals surface area contributed by atoms with Gasteiger partial charge in [-0.1, -0.05) is 32.5 Å². The Morgan fingerprint density at radius 2 is 2.00 bits per heavy atom. The van der Waals surface area contributed by atoms with Crippen LogP contribution in [0, 0.1) is 0 Å². The minimum absolute atomic E-state index is 0.199. The first kappa shape index (κ1) is 21.2. The van der Waals surface area contributed by atoms with Crippen molar-refractivity contribution in [1.29, 1.82) is 0 Å². The molecule has 14 heteroatoms. The summed E-state index contributed by atoms with van der Waals surface area (Å²) in [6.07, 6.45) is -3.88. The lowest BCUT2D eigenvalue weighted by molar-refractivity contribution is -0.0532. The Morgan fingerprint density at radius 3 is 2.61 bits per heavy atom. The van der Waals surface area contributed by atoms with E-state index in [0.29, 0.717) is 16.1 Å². The zero-order valence-corrected chi connectivity index (χ0v) is 17.0. The van der Waals surface area contributed by atoms with E-state index in [2.05, 4.69) is 19.2 Å². The molecule has 4 atom stereocenters. The topological polar surface area (TPSA) is 189 Å². The average Bonchev–Trinajstić information content (AvgIpc) is 3.03. The van der Waals surface area contributed by atoms with Gasteiger partial charge >= 0.3 is 10.3 Å². The summed E-state index contributed by atoms with van der Waals surface area (Å²) in [5, 5.41) is 30.9. The van der Waals surface area contributed by atoms with Crippen LogP contribution in [0.5, 0.6) is 0 Å². The first-order chi connectivity index (χ1) is 12.9. The second-order valence-electron chi connectivity index (χ2n) is 7.25. The number of ether oxygens (including phenoxy) is 1. The summed E-state index contributed by atoms with van der Waals surface area (Å²) in [4.78, 5) is 8.17. The lowest BCUT2D eigenvalue weighted by Crippen LogP contribution is -2.35. The Labute approximate surface area is 165 Å². The number of nitrogens with two attached hydrogens (primary N) is 2. The Balaban J connectivity index is 1.98. The summed E-state index contributed by atoms with van der Waals surface area (Å²) in [7, 11) is -4.23. The Bertz CT molecular complexity index is 975. The number of aromatic nitrogens is 4. The standard InChI is InChI=1S/C14H22N6O6S2/c1-14(2,3)27-12-7-10(15)17-5-18-11(7)20(19-12)13-9(22)8(21)6(26-13)4-25-28(16,23)24/h5-6,8-9,13,21-22H,4H2,1-3H3,(H2,15,17,18)(H2,16,23,24)/t6-,8-,9-,13-/m1/s1. The normalized spacial score (nSPS) is 26.2. The number of fused-ring (bicyclic) bond motifs is 1. The Kier molecular flexibility index (Phi) is 5.57. The van der Waals surface area contributed by atoms with E-state index < -0.39 is 41.5 Å². The predicted molar refractivity (Wildman–Crippen MR) is 100 cm³/mol. The number of nitrogen functional groups attached to an aromatic ring is 1. The van der Waals surface area contributed by atoms with Crippen LogP contribution < -0.4 is 10.9 Å². The van der Waals surface area contributed by atoms with Crippen molar-refractivity contribution in [2.75, 3.05) is 12.3 Å². The van der Waals surface area contributed by atoms with E-state index in [1.807, 2.05) is 20.8 Å². The van der Waals surface area contributed by atoms with Crippen LogP contribution in [-0.2, 0) is 19.2 Å². The first-order valence-corrected chi connectivity index (χ1v) is 10.5. The smallest absolute Gasteiger partial charge is 0.333 e. The molecule has 156 valence electrons. The molecule has 1 fully saturated rings. The largest absolute Gasteiger partial charge is 0.387 e. The summed E-state index contributed by atoms with van der Waals surface area (Å²) in [6.45, 7) is 5.42. The molecular weight excluding hydrogens is 412 g/mol. The molecule has 0 aliphatic carbocycles. The number of aliphatic hydroxyl groups excluding tert-OH is 2. The lowest BCUT2D eigenvalue weighted by Gasteiger charge is -2.16. The SMILES string of the molecule is CC(C)(C)Sc1nn([C@@H]2O[C@H](COS(N)(=O)=O)[C@@H](O)[C@H]2O)c2ncnc(N)c12. The number of hydrogen-bond donors (Lipinski definition) is 4. The van der Waals surface area contributed by atoms with Gasteiger partial charge in [0.05, 0.1) is 12.0 Å². The molecule has 0 spiro atoms. The number of anilines is 1. The predicted octanol–water partition coefficient (Wildman–Crippen LogP) is -0.862. The van der Waals surface area contributed by atoms with Gasteiger partial charge in [-0.15, -0.1) is 0 Å². The summed E-state index contributed by atoms with van der Waals surface area (Å²) in [5.41, 5.74) is 6.31. The molecule has 2 aromatic rings. The molecule has 1 saturated heterocycles. The molecule has 0 radical (unpaired) electrons. The van der Waals surface area contributed by atoms with Crippen LogP contribution in [0.2, 0.25) is 0 Å². The van der Waals surface area contributed by atoms with Crippen molar-refractivity contribution >= 4 is 38.9 Å². The molecule has 3 heterocycles. The average molecular weight is 435 g/mol. The maximum absolute atomic E-state index is 11.0. The molecular formula is C14H22N6O6S2. The Hall–Kier alpha value is -1.55. The fourth-order valence-corrected chi connectivity index (χ4v) is 4.06. The number of thioether (sulfide) groups is 1. The zero-order chi connectivity index (χ0) is 20.9. The van der Waals surface area contributed by atoms with Crippen molar-refractivity contribution in [3.05, 3.63) is 6.33 Å². The first-order valence-electron chi connectivity index (χ1n) is 8.24. The zero-order valence-electron chi connectivity index (χ0n) is 15.4. The van der Waals surface area contributed by atoms with Gasteiger partial charge in [0.1, 0.15) is 35.5 Å². The molecule has 0 amide bonds. The minimum Gasteiger partial charge on any atom is -0.387 e. The summed E-state index contributed by atoms with van der Waals surface area (Å²) in [5.74, 6) is 0.213. The van der Waals surface area contributed by atoms with E-state index >= 15 is 0 Å². The number of aliphatic hydroxyl groups is 2. The van der Waals surface area contributed by atoms with Crippen molar-refractivity contribution < 1.29 is 27.6 Å². The van der Waals surface area contributed by atoms with E-state index in [4.69, 9.17) is 15.6 Å². The molecule has 2 aromatic heterocycles. The molecule has 6 N–H and O–H groups in total. The van der Waals surface area contributed by atoms with Crippen molar-refractivity contribution in [2.45, 2.75) is 55.1 Å². The quantitative estimate of drug-likeness (QED) is 0.428. The van der Waals surface area contributed by atoms with Gasteiger partial charge in [0.15, 0.2) is 11.9 Å². The van der Waals surface area contributed by atoms with Crippen LogP contribution in [-0.4, -0.2) is 68.0 Å². The maximum Gasteiger partial charge on any atom is 0.333 e. The van der Waals surface area contributed by atoms with E-state index in [0.717, 1.165) is 0 Å². The van der Waals surface area contributed by atoms with Crippen LogP contribution >= 0.6 is 11.8 Å². The van der Waals surface area contributed by atoms with Crippen molar-refractivity contribution in [3.63, 3.8) is 0 Å². The molecule has 0 saturated carbocycles. The number of nitrogens with zero attached hydrogens (tertiary/aromatic N) is 4. The summed E-state index contributed by atoms with van der Waals surface area (Å²) >= 11 is 1.43. The molecule has 0 aromatic carbocycles. The van der Waals surface area contributed by atoms with Gasteiger partial charge in [0.25, 0.3) is 0 Å². The molecule has 0 unspecified atom stereocenters. The van der Waals surface area contributed by atoms with Crippen LogP contribution in [0.15, 0.2) is 11.4 Å². The molecule has 1 aliphatic rings. The maximum atomic E-state index is 11.0. The van der Waals surface area contributed by atoms with Gasteiger partial charge in [-0.25, -0.2) is 19.8 Å². The van der Waals surface area contributed by atoms with Crippen LogP contribution in [0.4, 0.5) is 5.82 Å². The summed E-state index contributed by atoms with van der Waals surface area (Å²) in [6, 6.07) is 0. The third-order valence-electron chi connectivity index (χ3n) is 3.86. The van der Waals surface area contributed by atoms with Crippen LogP contribution in [0.1, 0.15) is 27.0 Å². The number of hydrogen-bond acceptors (Lipinski definition) is 11. The van der Waals surface area contributed by atoms with Crippen molar-refractivity contribution in [3.8, 4) is 0 Å². The lowest BCUT2D eigenvalue weighted by atomic mass is 10.1. The Morgan fingerprint density at radius 1 is 1.32 bits per heavy atom. The monoisotopic (exact) mass is 434 g/mol. The molecule has 0 bridgehead atoms. The number of rotatable bonds is 5. The third kappa shape index (κ3) is 4.37. The fourth-order valence-electron chi connectivity index (χ4n) is 2.73.